The van der Waals surface area contributed by atoms with E-state index in [-0.39, 0.29) is 16.6 Å². The van der Waals surface area contributed by atoms with Crippen molar-refractivity contribution in [1.82, 2.24) is 14.8 Å². The molecule has 0 atom stereocenters. The number of hydrogen-bond donors (Lipinski definition) is 0. The highest BCUT2D eigenvalue weighted by molar-refractivity contribution is 6.31. The zero-order valence-corrected chi connectivity index (χ0v) is 8.49. The predicted octanol–water partition coefficient (Wildman–Crippen LogP) is 1.62. The maximum Gasteiger partial charge on any atom is 0.244 e. The van der Waals surface area contributed by atoms with Crippen molar-refractivity contribution in [3.05, 3.63) is 23.0 Å². The van der Waals surface area contributed by atoms with Crippen LogP contribution in [0.25, 0.3) is 11.0 Å². The molecule has 0 amide bonds. The minimum Gasteiger partial charge on any atom is -0.273 e. The monoisotopic (exact) mass is 220 g/mol. The first-order valence-corrected chi connectivity index (χ1v) is 4.46. The van der Waals surface area contributed by atoms with E-state index in [0.29, 0.717) is 11.0 Å². The summed E-state index contributed by atoms with van der Waals surface area (Å²) >= 11 is 5.74. The molecule has 0 spiro atoms. The first-order chi connectivity index (χ1) is 7.13. The summed E-state index contributed by atoms with van der Waals surface area (Å²) in [7, 11) is 0. The van der Waals surface area contributed by atoms with Gasteiger partial charge in [0.05, 0.1) is 17.3 Å². The molecule has 74 valence electrons. The van der Waals surface area contributed by atoms with E-state index in [0.717, 1.165) is 0 Å². The molecule has 0 N–H and O–H groups in total. The fourth-order valence-electron chi connectivity index (χ4n) is 1.26. The van der Waals surface area contributed by atoms with E-state index in [2.05, 4.69) is 10.1 Å². The van der Waals surface area contributed by atoms with Gasteiger partial charge in [-0.1, -0.05) is 11.6 Å². The van der Waals surface area contributed by atoms with Gasteiger partial charge in [-0.2, -0.15) is 15.0 Å². The maximum absolute atomic E-state index is 11.2. The van der Waals surface area contributed by atoms with Gasteiger partial charge < -0.3 is 0 Å². The number of carbonyl (C=O) groups is 1. The number of nitriles is 1. The Morgan fingerprint density at radius 3 is 3.00 bits per heavy atom. The molecule has 0 radical (unpaired) electrons. The number of rotatable bonds is 0. The molecule has 2 aromatic rings. The van der Waals surface area contributed by atoms with Crippen LogP contribution >= 0.6 is 11.6 Å². The van der Waals surface area contributed by atoms with Crippen molar-refractivity contribution in [2.75, 3.05) is 0 Å². The van der Waals surface area contributed by atoms with Gasteiger partial charge in [0.25, 0.3) is 0 Å². The third-order valence-corrected chi connectivity index (χ3v) is 2.21. The van der Waals surface area contributed by atoms with Gasteiger partial charge in [-0.15, -0.1) is 0 Å². The number of pyridine rings is 1. The summed E-state index contributed by atoms with van der Waals surface area (Å²) in [6, 6.07) is 3.40. The second kappa shape index (κ2) is 3.33. The lowest BCUT2D eigenvalue weighted by Crippen LogP contribution is -2.06. The Kier molecular flexibility index (Phi) is 2.14. The van der Waals surface area contributed by atoms with Gasteiger partial charge in [0.1, 0.15) is 16.7 Å². The van der Waals surface area contributed by atoms with Crippen molar-refractivity contribution >= 4 is 28.5 Å². The second-order valence-electron chi connectivity index (χ2n) is 2.92. The van der Waals surface area contributed by atoms with Crippen LogP contribution in [0.4, 0.5) is 0 Å². The summed E-state index contributed by atoms with van der Waals surface area (Å²) in [6.45, 7) is 1.38. The smallest absolute Gasteiger partial charge is 0.244 e. The molecular formula is C9H5ClN4O. The highest BCUT2D eigenvalue weighted by atomic mass is 35.5. The molecule has 0 fully saturated rings. The van der Waals surface area contributed by atoms with Crippen LogP contribution in [0.5, 0.6) is 0 Å². The van der Waals surface area contributed by atoms with Gasteiger partial charge in [-0.05, 0) is 6.07 Å². The fraction of sp³-hybridized carbons (Fsp3) is 0.111. The average molecular weight is 221 g/mol. The number of nitrogens with zero attached hydrogens (tertiary/aromatic N) is 4. The number of carbonyl (C=O) groups excluding carboxylic acids is 1. The lowest BCUT2D eigenvalue weighted by molar-refractivity contribution is 0.0927. The van der Waals surface area contributed by atoms with E-state index < -0.39 is 0 Å². The highest BCUT2D eigenvalue weighted by Crippen LogP contribution is 2.19. The average Bonchev–Trinajstić information content (AvgIpc) is 2.59. The fourth-order valence-corrected chi connectivity index (χ4v) is 1.45. The number of hydrogen-bond acceptors (Lipinski definition) is 4. The molecule has 6 heteroatoms. The zero-order valence-electron chi connectivity index (χ0n) is 7.73. The van der Waals surface area contributed by atoms with E-state index in [4.69, 9.17) is 16.9 Å². The Morgan fingerprint density at radius 1 is 1.67 bits per heavy atom. The van der Waals surface area contributed by atoms with Crippen molar-refractivity contribution in [3.8, 4) is 6.07 Å². The molecule has 0 saturated carbocycles. The van der Waals surface area contributed by atoms with Crippen LogP contribution in [-0.2, 0) is 0 Å². The minimum absolute atomic E-state index is 0.119. The van der Waals surface area contributed by atoms with Gasteiger partial charge in [0, 0.05) is 6.92 Å². The highest BCUT2D eigenvalue weighted by Gasteiger charge is 2.11. The van der Waals surface area contributed by atoms with Crippen molar-refractivity contribution in [2.45, 2.75) is 6.92 Å². The van der Waals surface area contributed by atoms with E-state index in [1.165, 1.54) is 23.9 Å². The van der Waals surface area contributed by atoms with Gasteiger partial charge in [-0.3, -0.25) is 4.79 Å². The Morgan fingerprint density at radius 2 is 2.40 bits per heavy atom. The van der Waals surface area contributed by atoms with Crippen LogP contribution < -0.4 is 0 Å². The Bertz CT molecular complexity index is 596. The molecule has 0 aliphatic carbocycles. The van der Waals surface area contributed by atoms with Crippen molar-refractivity contribution in [2.24, 2.45) is 0 Å². The molecule has 0 unspecified atom stereocenters. The summed E-state index contributed by atoms with van der Waals surface area (Å²) in [6.07, 6.45) is 1.43. The minimum atomic E-state index is -0.238. The molecular weight excluding hydrogens is 216 g/mol. The SMILES string of the molecule is CC(=O)n1ncc2nc(Cl)c(C#N)cc21. The first-order valence-electron chi connectivity index (χ1n) is 4.09. The molecule has 2 rings (SSSR count). The molecule has 15 heavy (non-hydrogen) atoms. The summed E-state index contributed by atoms with van der Waals surface area (Å²) in [4.78, 5) is 15.1. The maximum atomic E-state index is 11.2. The van der Waals surface area contributed by atoms with Crippen molar-refractivity contribution in [3.63, 3.8) is 0 Å². The Labute approximate surface area is 89.9 Å². The predicted molar refractivity (Wildman–Crippen MR) is 53.6 cm³/mol. The molecule has 0 bridgehead atoms. The van der Waals surface area contributed by atoms with Crippen LogP contribution in [0, 0.1) is 11.3 Å². The number of aromatic nitrogens is 3. The lowest BCUT2D eigenvalue weighted by atomic mass is 10.3. The van der Waals surface area contributed by atoms with Crippen molar-refractivity contribution < 1.29 is 4.79 Å². The van der Waals surface area contributed by atoms with Gasteiger partial charge in [0.2, 0.25) is 5.91 Å². The van der Waals surface area contributed by atoms with Crippen LogP contribution in [-0.4, -0.2) is 20.7 Å². The van der Waals surface area contributed by atoms with E-state index in [1.54, 1.807) is 0 Å². The van der Waals surface area contributed by atoms with Gasteiger partial charge in [0.15, 0.2) is 0 Å². The van der Waals surface area contributed by atoms with E-state index in [1.807, 2.05) is 6.07 Å². The molecule has 2 aromatic heterocycles. The van der Waals surface area contributed by atoms with E-state index >= 15 is 0 Å². The van der Waals surface area contributed by atoms with Gasteiger partial charge >= 0.3 is 0 Å². The standard InChI is InChI=1S/C9H5ClN4O/c1-5(15)14-8-2-6(3-11)9(10)13-7(8)4-12-14/h2,4H,1H3. The topological polar surface area (TPSA) is 71.6 Å². The summed E-state index contributed by atoms with van der Waals surface area (Å²) in [5.41, 5.74) is 1.21. The summed E-state index contributed by atoms with van der Waals surface area (Å²) in [5.74, 6) is -0.238. The second-order valence-corrected chi connectivity index (χ2v) is 3.28. The molecule has 0 saturated heterocycles. The normalized spacial score (nSPS) is 10.2. The largest absolute Gasteiger partial charge is 0.273 e. The third kappa shape index (κ3) is 1.45. The molecule has 0 aliphatic heterocycles. The molecule has 0 aromatic carbocycles. The van der Waals surface area contributed by atoms with Crippen LogP contribution in [0.2, 0.25) is 5.15 Å². The zero-order chi connectivity index (χ0) is 11.0. The Balaban J connectivity index is 2.82. The lowest BCUT2D eigenvalue weighted by Gasteiger charge is -1.98. The molecule has 5 nitrogen and oxygen atoms in total. The van der Waals surface area contributed by atoms with Gasteiger partial charge in [-0.25, -0.2) is 4.98 Å². The third-order valence-electron chi connectivity index (χ3n) is 1.93. The number of fused-ring (bicyclic) bond motifs is 1. The van der Waals surface area contributed by atoms with Crippen LogP contribution in [0.15, 0.2) is 12.3 Å². The number of halogens is 1. The summed E-state index contributed by atoms with van der Waals surface area (Å²) < 4.78 is 1.18. The Hall–Kier alpha value is -1.93. The van der Waals surface area contributed by atoms with Crippen molar-refractivity contribution in [1.29, 1.82) is 5.26 Å². The molecule has 2 heterocycles. The quantitative estimate of drug-likeness (QED) is 0.633. The first kappa shape index (κ1) is 9.62. The van der Waals surface area contributed by atoms with E-state index in [9.17, 15) is 4.79 Å². The van der Waals surface area contributed by atoms with Crippen LogP contribution in [0.3, 0.4) is 0 Å². The van der Waals surface area contributed by atoms with Crippen LogP contribution in [0.1, 0.15) is 17.3 Å². The molecule has 0 aliphatic rings. The summed E-state index contributed by atoms with van der Waals surface area (Å²) in [5, 5.41) is 12.7.